The van der Waals surface area contributed by atoms with Crippen LogP contribution in [0.2, 0.25) is 10.0 Å². The van der Waals surface area contributed by atoms with Crippen LogP contribution in [0.15, 0.2) is 58.5 Å². The van der Waals surface area contributed by atoms with Gasteiger partial charge in [-0.1, -0.05) is 0 Å². The molecule has 0 saturated carbocycles. The maximum atomic E-state index is 14.0. The van der Waals surface area contributed by atoms with Gasteiger partial charge in [-0.05, 0) is 0 Å². The van der Waals surface area contributed by atoms with Gasteiger partial charge in [0, 0.05) is 0 Å². The Labute approximate surface area is 334 Å². The molecule has 0 radical (unpaired) electrons. The molecule has 2 aromatic carbocycles. The number of aromatic nitrogens is 6. The number of carbonyl (C=O) groups is 2. The molecule has 0 bridgehead atoms. The molecule has 0 spiro atoms. The Bertz CT molecular complexity index is 2350. The number of nitrogens with zero attached hydrogens (tertiary/aromatic N) is 8. The molecule has 0 aliphatic carbocycles. The first-order chi connectivity index (χ1) is 25.4. The zero-order valence-electron chi connectivity index (χ0n) is 29.5. The summed E-state index contributed by atoms with van der Waals surface area (Å²) in [5, 5.41) is 21.1. The number of benzene rings is 2. The average Bonchev–Trinajstić information content (AvgIpc) is 3.81. The summed E-state index contributed by atoms with van der Waals surface area (Å²) in [6.45, 7) is 12.2. The predicted octanol–water partition coefficient (Wildman–Crippen LogP) is 5.54. The molecule has 0 saturated heterocycles. The monoisotopic (exact) mass is 893 g/mol. The Morgan fingerprint density at radius 3 is 1.38 bits per heavy atom. The van der Waals surface area contributed by atoms with E-state index in [1.54, 1.807) is 22.7 Å². The van der Waals surface area contributed by atoms with E-state index in [-0.39, 0.29) is 20.4 Å². The van der Waals surface area contributed by atoms with Crippen molar-refractivity contribution in [2.75, 3.05) is 0 Å². The van der Waals surface area contributed by atoms with Crippen LogP contribution in [-0.2, 0) is 9.59 Å². The van der Waals surface area contributed by atoms with Gasteiger partial charge >= 0.3 is 337 Å². The third-order valence-electron chi connectivity index (χ3n) is 9.63. The standard InChI is InChI=1S/C38H32Cl2IN8O2S2/c1-17-19(3)52-37-31(17)33(23-7-11-25(39)12-8-23)42-27(35-46-44-21(5)48(35)37)15-29(50)41-30(51)16-28-36-47-45-22(6)49(36)38-32(18(2)20(4)53-38)34(43-28)24-9-13-26(40)14-10-24/h7-14,27-28H,15-16H2,1-6H3/q-1/t27-,28-/m0/s1. The van der Waals surface area contributed by atoms with Gasteiger partial charge in [-0.15, -0.1) is 0 Å². The minimum atomic E-state index is -1.57. The SMILES string of the molecule is Cc1sc2c(c1C)C(c1ccc(Cl)cc1)=N[C@@H](CC(=O)[I-]C(=O)C[C@@H]1N=C(c3ccc(Cl)cc3)c3c(sc(C)c3C)-n3c(C)nnc31)c1nnc(C)n1-2. The number of halogens is 3. The van der Waals surface area contributed by atoms with Crippen LogP contribution in [0.1, 0.15) is 91.4 Å². The number of thiophene rings is 2. The Hall–Kier alpha value is -3.89. The van der Waals surface area contributed by atoms with Gasteiger partial charge in [0.15, 0.2) is 0 Å². The van der Waals surface area contributed by atoms with Crippen LogP contribution >= 0.6 is 45.9 Å². The second-order valence-corrected chi connectivity index (χ2v) is 19.2. The van der Waals surface area contributed by atoms with Crippen molar-refractivity contribution < 1.29 is 30.8 Å². The van der Waals surface area contributed by atoms with E-state index in [0.29, 0.717) is 33.3 Å². The fraction of sp³-hybridized carbons (Fsp3) is 0.263. The molecule has 10 nitrogen and oxygen atoms in total. The Morgan fingerprint density at radius 2 is 1.00 bits per heavy atom. The topological polar surface area (TPSA) is 120 Å². The molecule has 2 aliphatic rings. The zero-order valence-corrected chi connectivity index (χ0v) is 34.8. The molecule has 0 fully saturated rings. The van der Waals surface area contributed by atoms with Crippen molar-refractivity contribution >= 4 is 64.9 Å². The molecule has 6 aromatic rings. The van der Waals surface area contributed by atoms with Crippen LogP contribution in [0.5, 0.6) is 0 Å². The van der Waals surface area contributed by atoms with E-state index in [1.807, 2.05) is 71.5 Å². The van der Waals surface area contributed by atoms with Gasteiger partial charge in [0.25, 0.3) is 0 Å². The van der Waals surface area contributed by atoms with E-state index < -0.39 is 33.3 Å². The molecule has 270 valence electrons. The summed E-state index contributed by atoms with van der Waals surface area (Å²) in [4.78, 5) is 40.7. The van der Waals surface area contributed by atoms with Crippen LogP contribution < -0.4 is 21.2 Å². The molecule has 2 aliphatic heterocycles. The fourth-order valence-electron chi connectivity index (χ4n) is 6.76. The number of aliphatic imine (C=N–C) groups is 2. The molecular formula is C38H32Cl2IN8O2S2-. The summed E-state index contributed by atoms with van der Waals surface area (Å²) < 4.78 is 3.76. The maximum absolute atomic E-state index is 14.0. The molecule has 8 rings (SSSR count). The van der Waals surface area contributed by atoms with Gasteiger partial charge < -0.3 is 0 Å². The van der Waals surface area contributed by atoms with Crippen LogP contribution in [0.3, 0.4) is 0 Å². The summed E-state index contributed by atoms with van der Waals surface area (Å²) in [7, 11) is 0. The van der Waals surface area contributed by atoms with Gasteiger partial charge in [0.05, 0.1) is 0 Å². The van der Waals surface area contributed by atoms with Gasteiger partial charge in [-0.25, -0.2) is 0 Å². The molecule has 6 heterocycles. The fourth-order valence-corrected chi connectivity index (χ4v) is 11.4. The van der Waals surface area contributed by atoms with E-state index in [0.717, 1.165) is 64.6 Å². The zero-order chi connectivity index (χ0) is 37.3. The molecule has 2 atom stereocenters. The summed E-state index contributed by atoms with van der Waals surface area (Å²) in [6.07, 6.45) is 0.0481. The molecular weight excluding hydrogens is 862 g/mol. The third kappa shape index (κ3) is 6.43. The van der Waals surface area contributed by atoms with Crippen molar-refractivity contribution in [1.29, 1.82) is 0 Å². The molecule has 4 aromatic heterocycles. The quantitative estimate of drug-likeness (QED) is 0.147. The molecule has 15 heteroatoms. The van der Waals surface area contributed by atoms with Gasteiger partial charge in [-0.3, -0.25) is 0 Å². The third-order valence-corrected chi connectivity index (χ3v) is 14.6. The number of fused-ring (bicyclic) bond motifs is 6. The van der Waals surface area contributed by atoms with Crippen LogP contribution in [-0.4, -0.2) is 48.5 Å². The number of carbonyl (C=O) groups excluding carboxylic acids is 2. The number of hydrogen-bond acceptors (Lipinski definition) is 10. The summed E-state index contributed by atoms with van der Waals surface area (Å²) in [5.74, 6) is 2.58. The van der Waals surface area contributed by atoms with E-state index in [1.165, 1.54) is 0 Å². The molecule has 0 unspecified atom stereocenters. The Balaban J connectivity index is 1.12. The van der Waals surface area contributed by atoms with E-state index in [9.17, 15) is 9.59 Å². The second-order valence-electron chi connectivity index (χ2n) is 13.0. The second kappa shape index (κ2) is 14.1. The van der Waals surface area contributed by atoms with E-state index >= 15 is 0 Å². The van der Waals surface area contributed by atoms with Crippen molar-refractivity contribution in [3.05, 3.63) is 125 Å². The first-order valence-electron chi connectivity index (χ1n) is 16.8. The van der Waals surface area contributed by atoms with E-state index in [4.69, 9.17) is 33.2 Å². The van der Waals surface area contributed by atoms with Crippen LogP contribution in [0, 0.1) is 41.5 Å². The van der Waals surface area contributed by atoms with Crippen LogP contribution in [0.25, 0.3) is 10.0 Å². The average molecular weight is 895 g/mol. The molecule has 53 heavy (non-hydrogen) atoms. The first-order valence-corrected chi connectivity index (χ1v) is 21.4. The van der Waals surface area contributed by atoms with E-state index in [2.05, 4.69) is 48.1 Å². The molecule has 0 amide bonds. The van der Waals surface area contributed by atoms with Crippen molar-refractivity contribution in [3.63, 3.8) is 0 Å². The number of hydrogen-bond donors (Lipinski definition) is 0. The predicted molar refractivity (Wildman–Crippen MR) is 206 cm³/mol. The number of rotatable bonds is 8. The Kier molecular flexibility index (Phi) is 9.59. The number of aryl methyl sites for hydroxylation is 4. The first kappa shape index (κ1) is 36.1. The van der Waals surface area contributed by atoms with Crippen LogP contribution in [0.4, 0.5) is 0 Å². The summed E-state index contributed by atoms with van der Waals surface area (Å²) >= 11 is 14.3. The van der Waals surface area contributed by atoms with Gasteiger partial charge in [0.2, 0.25) is 0 Å². The summed E-state index contributed by atoms with van der Waals surface area (Å²) in [5.41, 5.74) is 7.49. The van der Waals surface area contributed by atoms with Crippen molar-refractivity contribution in [2.24, 2.45) is 9.98 Å². The minimum absolute atomic E-state index is 0.0240. The Morgan fingerprint density at radius 1 is 0.623 bits per heavy atom. The normalized spacial score (nSPS) is 16.2. The van der Waals surface area contributed by atoms with Crippen molar-refractivity contribution in [3.8, 4) is 10.0 Å². The van der Waals surface area contributed by atoms with Crippen molar-refractivity contribution in [2.45, 2.75) is 66.5 Å². The van der Waals surface area contributed by atoms with Crippen molar-refractivity contribution in [1.82, 2.24) is 29.5 Å². The summed E-state index contributed by atoms with van der Waals surface area (Å²) in [6, 6.07) is 13.9. The molecule has 0 N–H and O–H groups in total. The van der Waals surface area contributed by atoms with Gasteiger partial charge in [-0.2, -0.15) is 0 Å². The van der Waals surface area contributed by atoms with Gasteiger partial charge in [0.1, 0.15) is 0 Å².